The number of hydrogen-bond donors (Lipinski definition) is 0. The lowest BCUT2D eigenvalue weighted by molar-refractivity contribution is -0.135. The normalized spacial score (nSPS) is 17.2. The van der Waals surface area contributed by atoms with E-state index in [-0.39, 0.29) is 22.0 Å². The monoisotopic (exact) mass is 388 g/mol. The summed E-state index contributed by atoms with van der Waals surface area (Å²) in [7, 11) is 0. The zero-order chi connectivity index (χ0) is 19.8. The number of Topliss-reactive ketones (excluding diaryl/α,β-unsaturated/α-hetero) is 2. The number of benzene rings is 2. The lowest BCUT2D eigenvalue weighted by Crippen LogP contribution is -2.36. The minimum absolute atomic E-state index is 0.0189. The number of rotatable bonds is 4. The van der Waals surface area contributed by atoms with Gasteiger partial charge in [-0.1, -0.05) is 38.4 Å². The molecule has 0 aliphatic heterocycles. The van der Waals surface area contributed by atoms with Crippen LogP contribution in [0.3, 0.4) is 0 Å². The van der Waals surface area contributed by atoms with E-state index in [2.05, 4.69) is 0 Å². The van der Waals surface area contributed by atoms with Crippen molar-refractivity contribution in [2.75, 3.05) is 0 Å². The first-order valence-electron chi connectivity index (χ1n) is 9.01. The molecule has 0 heterocycles. The molecule has 1 aliphatic rings. The van der Waals surface area contributed by atoms with Crippen molar-refractivity contribution in [2.24, 2.45) is 5.41 Å². The SMILES string of the molecule is CCc1ccc(Oc2ccc(Cl)c(F)c2)cc1C1C(=O)CC(C)(C)CC1=O. The average Bonchev–Trinajstić information content (AvgIpc) is 2.57. The minimum Gasteiger partial charge on any atom is -0.457 e. The maximum absolute atomic E-state index is 13.6. The Kier molecular flexibility index (Phi) is 5.38. The van der Waals surface area contributed by atoms with Crippen LogP contribution in [-0.2, 0) is 16.0 Å². The highest BCUT2D eigenvalue weighted by Crippen LogP contribution is 2.40. The van der Waals surface area contributed by atoms with Gasteiger partial charge in [-0.25, -0.2) is 4.39 Å². The van der Waals surface area contributed by atoms with Crippen LogP contribution >= 0.6 is 11.6 Å². The topological polar surface area (TPSA) is 43.4 Å². The van der Waals surface area contributed by atoms with E-state index in [1.807, 2.05) is 26.8 Å². The second kappa shape index (κ2) is 7.43. The molecule has 0 bridgehead atoms. The maximum atomic E-state index is 13.6. The minimum atomic E-state index is -0.751. The quantitative estimate of drug-likeness (QED) is 0.614. The molecule has 27 heavy (non-hydrogen) atoms. The van der Waals surface area contributed by atoms with Gasteiger partial charge in [-0.2, -0.15) is 0 Å². The van der Waals surface area contributed by atoms with Crippen LogP contribution in [0, 0.1) is 11.2 Å². The third-order valence-corrected chi connectivity index (χ3v) is 5.19. The van der Waals surface area contributed by atoms with Crippen molar-refractivity contribution in [3.8, 4) is 11.5 Å². The van der Waals surface area contributed by atoms with E-state index >= 15 is 0 Å². The summed E-state index contributed by atoms with van der Waals surface area (Å²) in [5.74, 6) is -0.678. The molecule has 0 radical (unpaired) electrons. The van der Waals surface area contributed by atoms with Crippen LogP contribution in [0.5, 0.6) is 11.5 Å². The van der Waals surface area contributed by atoms with Crippen molar-refractivity contribution >= 4 is 23.2 Å². The second-order valence-corrected chi connectivity index (χ2v) is 8.18. The van der Waals surface area contributed by atoms with Gasteiger partial charge in [0.1, 0.15) is 34.8 Å². The van der Waals surface area contributed by atoms with Crippen molar-refractivity contribution in [3.63, 3.8) is 0 Å². The molecule has 1 saturated carbocycles. The van der Waals surface area contributed by atoms with Crippen molar-refractivity contribution in [1.82, 2.24) is 0 Å². The van der Waals surface area contributed by atoms with Gasteiger partial charge in [0.05, 0.1) is 5.02 Å². The predicted molar refractivity (Wildman–Crippen MR) is 103 cm³/mol. The Morgan fingerprint density at radius 2 is 1.67 bits per heavy atom. The first-order valence-corrected chi connectivity index (χ1v) is 9.39. The van der Waals surface area contributed by atoms with E-state index < -0.39 is 11.7 Å². The van der Waals surface area contributed by atoms with Crippen molar-refractivity contribution in [2.45, 2.75) is 46.0 Å². The molecule has 0 unspecified atom stereocenters. The molecule has 0 spiro atoms. The Bertz CT molecular complexity index is 884. The first-order chi connectivity index (χ1) is 12.7. The van der Waals surface area contributed by atoms with Crippen LogP contribution in [-0.4, -0.2) is 11.6 Å². The number of ketones is 2. The standard InChI is InChI=1S/C22H22ClFO3/c1-4-13-5-6-14(27-15-7-8-17(23)18(24)10-15)9-16(13)21-19(25)11-22(2,3)12-20(21)26/h5-10,21H,4,11-12H2,1-3H3. The van der Waals surface area contributed by atoms with E-state index in [0.717, 1.165) is 5.56 Å². The van der Waals surface area contributed by atoms with Gasteiger partial charge in [-0.05, 0) is 47.2 Å². The molecule has 2 aromatic rings. The zero-order valence-corrected chi connectivity index (χ0v) is 16.4. The average molecular weight is 389 g/mol. The van der Waals surface area contributed by atoms with Gasteiger partial charge in [-0.15, -0.1) is 0 Å². The number of hydrogen-bond acceptors (Lipinski definition) is 3. The number of halogens is 2. The number of ether oxygens (including phenoxy) is 1. The molecule has 1 aliphatic carbocycles. The van der Waals surface area contributed by atoms with Crippen molar-refractivity contribution < 1.29 is 18.7 Å². The molecule has 3 nitrogen and oxygen atoms in total. The van der Waals surface area contributed by atoms with Crippen molar-refractivity contribution in [1.29, 1.82) is 0 Å². The summed E-state index contributed by atoms with van der Waals surface area (Å²) < 4.78 is 19.4. The smallest absolute Gasteiger partial charge is 0.148 e. The van der Waals surface area contributed by atoms with Crippen LogP contribution in [0.4, 0.5) is 4.39 Å². The summed E-state index contributed by atoms with van der Waals surface area (Å²) in [6.07, 6.45) is 1.45. The van der Waals surface area contributed by atoms with E-state index in [1.165, 1.54) is 12.1 Å². The molecule has 5 heteroatoms. The van der Waals surface area contributed by atoms with Gasteiger partial charge in [0.15, 0.2) is 0 Å². The molecule has 0 aromatic heterocycles. The Balaban J connectivity index is 1.95. The molecule has 0 atom stereocenters. The van der Waals surface area contributed by atoms with Gasteiger partial charge in [0, 0.05) is 18.9 Å². The Morgan fingerprint density at radius 3 is 2.26 bits per heavy atom. The summed E-state index contributed by atoms with van der Waals surface area (Å²) in [6, 6.07) is 9.54. The van der Waals surface area contributed by atoms with E-state index in [0.29, 0.717) is 36.3 Å². The lowest BCUT2D eigenvalue weighted by atomic mass is 9.69. The Labute approximate surface area is 163 Å². The fourth-order valence-electron chi connectivity index (χ4n) is 3.64. The van der Waals surface area contributed by atoms with Crippen LogP contribution in [0.25, 0.3) is 0 Å². The third kappa shape index (κ3) is 4.22. The molecule has 3 rings (SSSR count). The zero-order valence-electron chi connectivity index (χ0n) is 15.6. The van der Waals surface area contributed by atoms with Crippen LogP contribution in [0.15, 0.2) is 36.4 Å². The molecule has 2 aromatic carbocycles. The van der Waals surface area contributed by atoms with E-state index in [1.54, 1.807) is 18.2 Å². The molecular weight excluding hydrogens is 367 g/mol. The summed E-state index contributed by atoms with van der Waals surface area (Å²) in [6.45, 7) is 5.86. The molecule has 0 amide bonds. The summed E-state index contributed by atoms with van der Waals surface area (Å²) in [5, 5.41) is 0.0189. The van der Waals surface area contributed by atoms with E-state index in [4.69, 9.17) is 16.3 Å². The van der Waals surface area contributed by atoms with E-state index in [9.17, 15) is 14.0 Å². The van der Waals surface area contributed by atoms with Gasteiger partial charge >= 0.3 is 0 Å². The molecule has 0 saturated heterocycles. The predicted octanol–water partition coefficient (Wildman–Crippen LogP) is 5.88. The first kappa shape index (κ1) is 19.6. The van der Waals surface area contributed by atoms with Crippen LogP contribution in [0.2, 0.25) is 5.02 Å². The van der Waals surface area contributed by atoms with Crippen molar-refractivity contribution in [3.05, 3.63) is 58.4 Å². The molecule has 0 N–H and O–H groups in total. The number of carbonyl (C=O) groups is 2. The number of carbonyl (C=O) groups excluding carboxylic acids is 2. The lowest BCUT2D eigenvalue weighted by Gasteiger charge is -2.33. The van der Waals surface area contributed by atoms with Gasteiger partial charge in [0.25, 0.3) is 0 Å². The maximum Gasteiger partial charge on any atom is 0.148 e. The largest absolute Gasteiger partial charge is 0.457 e. The summed E-state index contributed by atoms with van der Waals surface area (Å²) in [5.41, 5.74) is 1.33. The highest BCUT2D eigenvalue weighted by atomic mass is 35.5. The van der Waals surface area contributed by atoms with Gasteiger partial charge in [0.2, 0.25) is 0 Å². The summed E-state index contributed by atoms with van der Waals surface area (Å²) in [4.78, 5) is 25.4. The Hall–Kier alpha value is -2.20. The molecule has 1 fully saturated rings. The van der Waals surface area contributed by atoms with Gasteiger partial charge in [-0.3, -0.25) is 9.59 Å². The third-order valence-electron chi connectivity index (χ3n) is 4.89. The number of aryl methyl sites for hydroxylation is 1. The fraction of sp³-hybridized carbons (Fsp3) is 0.364. The van der Waals surface area contributed by atoms with Crippen LogP contribution < -0.4 is 4.74 Å². The highest BCUT2D eigenvalue weighted by Gasteiger charge is 2.41. The van der Waals surface area contributed by atoms with Crippen LogP contribution in [0.1, 0.15) is 50.7 Å². The van der Waals surface area contributed by atoms with Gasteiger partial charge < -0.3 is 4.74 Å². The fourth-order valence-corrected chi connectivity index (χ4v) is 3.76. The molecular formula is C22H22ClFO3. The highest BCUT2D eigenvalue weighted by molar-refractivity contribution is 6.30. The Morgan fingerprint density at radius 1 is 1.07 bits per heavy atom. The second-order valence-electron chi connectivity index (χ2n) is 7.78. The summed E-state index contributed by atoms with van der Waals surface area (Å²) >= 11 is 5.70. The molecule has 142 valence electrons.